The van der Waals surface area contributed by atoms with Crippen molar-refractivity contribution >= 4 is 22.5 Å². The number of benzene rings is 3. The molecule has 37 heavy (non-hydrogen) atoms. The Morgan fingerprint density at radius 3 is 2.59 bits per heavy atom. The van der Waals surface area contributed by atoms with Gasteiger partial charge < -0.3 is 14.6 Å². The van der Waals surface area contributed by atoms with Gasteiger partial charge in [-0.25, -0.2) is 18.4 Å². The average molecular weight is 523 g/mol. The molecule has 2 heterocycles. The fourth-order valence-corrected chi connectivity index (χ4v) is 5.79. The molecule has 0 unspecified atom stereocenters. The first kappa shape index (κ1) is 25.3. The molecule has 2 atom stereocenters. The molecular formula is C27H24F2N4O3S. The van der Waals surface area contributed by atoms with Crippen LogP contribution in [-0.4, -0.2) is 43.6 Å². The van der Waals surface area contributed by atoms with Crippen LogP contribution in [0, 0.1) is 23.0 Å². The number of halogens is 2. The van der Waals surface area contributed by atoms with Crippen LogP contribution in [0.2, 0.25) is 0 Å². The van der Waals surface area contributed by atoms with Crippen molar-refractivity contribution in [1.82, 2.24) is 14.8 Å². The Hall–Kier alpha value is -3.36. The fourth-order valence-electron chi connectivity index (χ4n) is 4.47. The molecule has 1 saturated heterocycles. The number of nitriles is 1. The van der Waals surface area contributed by atoms with Crippen LogP contribution in [0.4, 0.5) is 8.78 Å². The molecule has 190 valence electrons. The normalized spacial score (nSPS) is 20.3. The Morgan fingerprint density at radius 1 is 1.14 bits per heavy atom. The van der Waals surface area contributed by atoms with Gasteiger partial charge in [-0.2, -0.15) is 10.4 Å². The molecule has 0 amide bonds. The smallest absolute Gasteiger partial charge is 0.183 e. The van der Waals surface area contributed by atoms with E-state index in [1.807, 2.05) is 30.3 Å². The van der Waals surface area contributed by atoms with Crippen molar-refractivity contribution in [2.24, 2.45) is 0 Å². The van der Waals surface area contributed by atoms with Gasteiger partial charge >= 0.3 is 0 Å². The summed E-state index contributed by atoms with van der Waals surface area (Å²) in [4.78, 5) is 3.90. The molecular weight excluding hydrogens is 498 g/mol. The van der Waals surface area contributed by atoms with Crippen LogP contribution in [0.5, 0.6) is 0 Å². The van der Waals surface area contributed by atoms with Crippen molar-refractivity contribution in [3.8, 4) is 6.07 Å². The van der Waals surface area contributed by atoms with E-state index in [4.69, 9.17) is 14.7 Å². The number of rotatable bonds is 7. The first-order valence-corrected chi connectivity index (χ1v) is 12.6. The Labute approximate surface area is 216 Å². The molecule has 1 aliphatic rings. The quantitative estimate of drug-likeness (QED) is 0.376. The van der Waals surface area contributed by atoms with Crippen LogP contribution in [0.1, 0.15) is 29.9 Å². The number of hydrogen-bond acceptors (Lipinski definition) is 7. The van der Waals surface area contributed by atoms with Gasteiger partial charge in [0.15, 0.2) is 6.29 Å². The predicted octanol–water partition coefficient (Wildman–Crippen LogP) is 4.70. The average Bonchev–Trinajstić information content (AvgIpc) is 3.41. The number of aliphatic hydroxyl groups is 1. The molecule has 4 aromatic rings. The second-order valence-corrected chi connectivity index (χ2v) is 10.6. The van der Waals surface area contributed by atoms with Crippen LogP contribution < -0.4 is 0 Å². The van der Waals surface area contributed by atoms with E-state index in [1.165, 1.54) is 35.2 Å². The summed E-state index contributed by atoms with van der Waals surface area (Å²) in [6, 6.07) is 16.6. The summed E-state index contributed by atoms with van der Waals surface area (Å²) >= 11 is 1.41. The van der Waals surface area contributed by atoms with Gasteiger partial charge in [0.1, 0.15) is 29.9 Å². The van der Waals surface area contributed by atoms with E-state index in [1.54, 1.807) is 13.0 Å². The topological polar surface area (TPSA) is 93.2 Å². The molecule has 1 aromatic heterocycles. The van der Waals surface area contributed by atoms with Gasteiger partial charge in [-0.15, -0.1) is 11.8 Å². The SMILES string of the molecule is C[C@@H](SC1COC(c2ccc3cc(C#N)ccc3c2)OC1)[C@](O)(Cn1cncn1)c1ccc(F)cc1F. The monoisotopic (exact) mass is 522 g/mol. The second-order valence-electron chi connectivity index (χ2n) is 8.97. The van der Waals surface area contributed by atoms with Gasteiger partial charge in [0.25, 0.3) is 0 Å². The summed E-state index contributed by atoms with van der Waals surface area (Å²) < 4.78 is 41.8. The zero-order chi connectivity index (χ0) is 26.0. The van der Waals surface area contributed by atoms with E-state index in [-0.39, 0.29) is 17.4 Å². The third-order valence-electron chi connectivity index (χ3n) is 6.47. The molecule has 0 bridgehead atoms. The summed E-state index contributed by atoms with van der Waals surface area (Å²) in [6.07, 6.45) is 2.22. The number of thioether (sulfide) groups is 1. The number of ether oxygens (including phenoxy) is 2. The standard InChI is InChI=1S/C27H24F2N4O3S/c1-17(27(34,14-33-16-31-15-32-33)24-7-6-22(28)10-25(24)29)37-23-12-35-26(36-13-23)21-5-4-19-8-18(11-30)2-3-20(19)9-21/h2-10,15-17,23,26,34H,12-14H2,1H3/t17-,23?,26?,27-/m1/s1. The van der Waals surface area contributed by atoms with Gasteiger partial charge in [-0.05, 0) is 35.0 Å². The lowest BCUT2D eigenvalue weighted by atomic mass is 9.90. The summed E-state index contributed by atoms with van der Waals surface area (Å²) in [5, 5.41) is 26.2. The van der Waals surface area contributed by atoms with Crippen LogP contribution in [-0.2, 0) is 21.6 Å². The van der Waals surface area contributed by atoms with Crippen LogP contribution in [0.25, 0.3) is 10.8 Å². The molecule has 1 N–H and O–H groups in total. The maximum atomic E-state index is 14.8. The third kappa shape index (κ3) is 5.36. The van der Waals surface area contributed by atoms with Crippen LogP contribution >= 0.6 is 11.8 Å². The summed E-state index contributed by atoms with van der Waals surface area (Å²) in [7, 11) is 0. The molecule has 3 aromatic carbocycles. The van der Waals surface area contributed by atoms with E-state index in [9.17, 15) is 13.9 Å². The first-order chi connectivity index (χ1) is 17.9. The maximum Gasteiger partial charge on any atom is 0.183 e. The van der Waals surface area contributed by atoms with Gasteiger partial charge in [0, 0.05) is 22.4 Å². The molecule has 1 aliphatic heterocycles. The Bertz CT molecular complexity index is 1440. The third-order valence-corrected chi connectivity index (χ3v) is 7.92. The maximum absolute atomic E-state index is 14.8. The molecule has 1 fully saturated rings. The number of aromatic nitrogens is 3. The lowest BCUT2D eigenvalue weighted by Crippen LogP contribution is -2.43. The fraction of sp³-hybridized carbons (Fsp3) is 0.296. The zero-order valence-corrected chi connectivity index (χ0v) is 20.7. The summed E-state index contributed by atoms with van der Waals surface area (Å²) in [5.41, 5.74) is -0.253. The molecule has 10 heteroatoms. The Morgan fingerprint density at radius 2 is 1.89 bits per heavy atom. The highest BCUT2D eigenvalue weighted by Gasteiger charge is 2.41. The van der Waals surface area contributed by atoms with Gasteiger partial charge in [0.2, 0.25) is 0 Å². The highest BCUT2D eigenvalue weighted by atomic mass is 32.2. The minimum Gasteiger partial charge on any atom is -0.382 e. The van der Waals surface area contributed by atoms with Gasteiger partial charge in [-0.3, -0.25) is 0 Å². The van der Waals surface area contributed by atoms with Crippen molar-refractivity contribution in [2.45, 2.75) is 35.9 Å². The molecule has 5 rings (SSSR count). The van der Waals surface area contributed by atoms with E-state index < -0.39 is 28.8 Å². The van der Waals surface area contributed by atoms with Crippen LogP contribution in [0.3, 0.4) is 0 Å². The molecule has 0 radical (unpaired) electrons. The predicted molar refractivity (Wildman–Crippen MR) is 134 cm³/mol. The number of nitrogens with zero attached hydrogens (tertiary/aromatic N) is 4. The molecule has 0 aliphatic carbocycles. The minimum atomic E-state index is -1.70. The van der Waals surface area contributed by atoms with E-state index >= 15 is 0 Å². The summed E-state index contributed by atoms with van der Waals surface area (Å²) in [6.45, 7) is 2.44. The molecule has 7 nitrogen and oxygen atoms in total. The van der Waals surface area contributed by atoms with Crippen molar-refractivity contribution in [3.63, 3.8) is 0 Å². The molecule has 0 saturated carbocycles. The highest BCUT2D eigenvalue weighted by molar-refractivity contribution is 8.00. The van der Waals surface area contributed by atoms with Crippen molar-refractivity contribution in [3.05, 3.63) is 95.6 Å². The van der Waals surface area contributed by atoms with E-state index in [0.717, 1.165) is 28.5 Å². The number of fused-ring (bicyclic) bond motifs is 1. The van der Waals surface area contributed by atoms with Crippen molar-refractivity contribution < 1.29 is 23.4 Å². The number of hydrogen-bond donors (Lipinski definition) is 1. The molecule has 0 spiro atoms. The lowest BCUT2D eigenvalue weighted by molar-refractivity contribution is -0.179. The van der Waals surface area contributed by atoms with Crippen molar-refractivity contribution in [2.75, 3.05) is 13.2 Å². The lowest BCUT2D eigenvalue weighted by Gasteiger charge is -2.37. The van der Waals surface area contributed by atoms with Gasteiger partial charge in [0.05, 0.1) is 36.6 Å². The van der Waals surface area contributed by atoms with E-state index in [0.29, 0.717) is 18.8 Å². The Balaban J connectivity index is 1.29. The minimum absolute atomic E-state index is 0.0179. The largest absolute Gasteiger partial charge is 0.382 e. The van der Waals surface area contributed by atoms with Crippen molar-refractivity contribution in [1.29, 1.82) is 5.26 Å². The summed E-state index contributed by atoms with van der Waals surface area (Å²) in [5.74, 6) is -1.55. The van der Waals surface area contributed by atoms with E-state index in [2.05, 4.69) is 16.2 Å². The Kier molecular flexibility index (Phi) is 7.22. The van der Waals surface area contributed by atoms with Crippen LogP contribution in [0.15, 0.2) is 67.3 Å². The highest BCUT2D eigenvalue weighted by Crippen LogP contribution is 2.39. The first-order valence-electron chi connectivity index (χ1n) is 11.7. The second kappa shape index (κ2) is 10.6. The zero-order valence-electron chi connectivity index (χ0n) is 19.9. The van der Waals surface area contributed by atoms with Gasteiger partial charge in [-0.1, -0.05) is 31.2 Å².